The molecule has 2 rings (SSSR count). The van der Waals surface area contributed by atoms with Crippen LogP contribution in [0.1, 0.15) is 0 Å². The van der Waals surface area contributed by atoms with E-state index in [1.165, 1.54) is 0 Å². The van der Waals surface area contributed by atoms with Crippen molar-refractivity contribution in [1.82, 2.24) is 0 Å². The lowest BCUT2D eigenvalue weighted by Crippen LogP contribution is -2.31. The zero-order valence-electron chi connectivity index (χ0n) is 9.38. The number of rotatable bonds is 2. The Morgan fingerprint density at radius 3 is 2.28 bits per heavy atom. The van der Waals surface area contributed by atoms with Crippen LogP contribution in [0.5, 0.6) is 0 Å². The monoisotopic (exact) mass is 354 g/mol. The highest BCUT2D eigenvalue weighted by molar-refractivity contribution is 14.1. The highest BCUT2D eigenvalue weighted by Crippen LogP contribution is 2.16. The predicted octanol–water partition coefficient (Wildman–Crippen LogP) is 3.72. The van der Waals surface area contributed by atoms with Gasteiger partial charge in [0.2, 0.25) is 0 Å². The number of carbonyl (C=O) groups excluding carboxylic acids is 1. The highest BCUT2D eigenvalue weighted by atomic mass is 127. The molecule has 5 heteroatoms. The zero-order valence-corrected chi connectivity index (χ0v) is 11.5. The second kappa shape index (κ2) is 5.83. The van der Waals surface area contributed by atoms with Crippen molar-refractivity contribution in [1.29, 1.82) is 0 Å². The van der Waals surface area contributed by atoms with E-state index in [0.29, 0.717) is 16.4 Å². The minimum atomic E-state index is -0.595. The first-order valence-corrected chi connectivity index (χ1v) is 6.35. The van der Waals surface area contributed by atoms with Gasteiger partial charge in [0.1, 0.15) is 0 Å². The Bertz CT molecular complexity index is 528. The van der Waals surface area contributed by atoms with Gasteiger partial charge < -0.3 is 5.32 Å². The maximum absolute atomic E-state index is 11.8. The molecular weight excluding hydrogens is 343 g/mol. The van der Waals surface area contributed by atoms with E-state index in [4.69, 9.17) is 0 Å². The molecule has 0 aromatic heterocycles. The third-order valence-electron chi connectivity index (χ3n) is 2.29. The number of hydroxylamine groups is 1. The van der Waals surface area contributed by atoms with Gasteiger partial charge in [0, 0.05) is 9.26 Å². The van der Waals surface area contributed by atoms with Crippen LogP contribution < -0.4 is 10.4 Å². The highest BCUT2D eigenvalue weighted by Gasteiger charge is 2.12. The van der Waals surface area contributed by atoms with Crippen molar-refractivity contribution in [3.63, 3.8) is 0 Å². The van der Waals surface area contributed by atoms with Gasteiger partial charge in [-0.05, 0) is 59.0 Å². The van der Waals surface area contributed by atoms with Crippen LogP contribution in [-0.4, -0.2) is 11.2 Å². The van der Waals surface area contributed by atoms with Crippen molar-refractivity contribution < 1.29 is 10.0 Å². The summed E-state index contributed by atoms with van der Waals surface area (Å²) in [5.74, 6) is 0. The number of para-hydroxylation sites is 1. The second-order valence-electron chi connectivity index (χ2n) is 3.58. The van der Waals surface area contributed by atoms with Crippen molar-refractivity contribution in [2.75, 3.05) is 10.4 Å². The van der Waals surface area contributed by atoms with Gasteiger partial charge in [-0.3, -0.25) is 5.21 Å². The number of anilines is 2. The number of hydrogen-bond donors (Lipinski definition) is 2. The third kappa shape index (κ3) is 3.21. The molecular formula is C13H11IN2O2. The molecule has 0 fully saturated rings. The smallest absolute Gasteiger partial charge is 0.306 e. The lowest BCUT2D eigenvalue weighted by molar-refractivity contribution is 0.216. The van der Waals surface area contributed by atoms with Gasteiger partial charge in [-0.25, -0.2) is 4.79 Å². The molecule has 0 radical (unpaired) electrons. The summed E-state index contributed by atoms with van der Waals surface area (Å²) in [5, 5.41) is 12.9. The van der Waals surface area contributed by atoms with E-state index >= 15 is 0 Å². The van der Waals surface area contributed by atoms with E-state index in [1.54, 1.807) is 24.3 Å². The van der Waals surface area contributed by atoms with Gasteiger partial charge in [0.25, 0.3) is 0 Å². The number of nitrogens with zero attached hydrogens (tertiary/aromatic N) is 1. The summed E-state index contributed by atoms with van der Waals surface area (Å²) < 4.78 is 1.04. The summed E-state index contributed by atoms with van der Waals surface area (Å²) in [6, 6.07) is 15.3. The van der Waals surface area contributed by atoms with Crippen LogP contribution in [0.2, 0.25) is 0 Å². The molecule has 4 nitrogen and oxygen atoms in total. The first kappa shape index (κ1) is 12.8. The van der Waals surface area contributed by atoms with E-state index in [9.17, 15) is 10.0 Å². The van der Waals surface area contributed by atoms with Gasteiger partial charge in [-0.15, -0.1) is 0 Å². The van der Waals surface area contributed by atoms with Crippen LogP contribution in [0.4, 0.5) is 16.2 Å². The number of amides is 2. The van der Waals surface area contributed by atoms with Gasteiger partial charge in [0.15, 0.2) is 0 Å². The topological polar surface area (TPSA) is 52.6 Å². The number of benzene rings is 2. The van der Waals surface area contributed by atoms with Crippen LogP contribution in [-0.2, 0) is 0 Å². The Morgan fingerprint density at radius 1 is 1.06 bits per heavy atom. The summed E-state index contributed by atoms with van der Waals surface area (Å²) in [7, 11) is 0. The molecule has 0 heterocycles. The fourth-order valence-electron chi connectivity index (χ4n) is 1.40. The molecule has 2 N–H and O–H groups in total. The fourth-order valence-corrected chi connectivity index (χ4v) is 1.76. The quantitative estimate of drug-likeness (QED) is 0.491. The molecule has 2 amide bonds. The van der Waals surface area contributed by atoms with Gasteiger partial charge in [-0.2, -0.15) is 5.06 Å². The third-order valence-corrected chi connectivity index (χ3v) is 3.01. The van der Waals surface area contributed by atoms with Crippen LogP contribution >= 0.6 is 22.6 Å². The van der Waals surface area contributed by atoms with Gasteiger partial charge >= 0.3 is 6.03 Å². The normalized spacial score (nSPS) is 9.89. The van der Waals surface area contributed by atoms with E-state index in [1.807, 2.05) is 30.3 Å². The molecule has 0 aliphatic carbocycles. The molecule has 0 unspecified atom stereocenters. The summed E-state index contributed by atoms with van der Waals surface area (Å²) >= 11 is 2.16. The molecule has 2 aromatic rings. The van der Waals surface area contributed by atoms with Crippen LogP contribution in [0, 0.1) is 3.57 Å². The Labute approximate surface area is 118 Å². The summed E-state index contributed by atoms with van der Waals surface area (Å²) in [6.07, 6.45) is 0. The fraction of sp³-hybridized carbons (Fsp3) is 0. The Morgan fingerprint density at radius 2 is 1.67 bits per heavy atom. The molecule has 18 heavy (non-hydrogen) atoms. The van der Waals surface area contributed by atoms with E-state index in [0.717, 1.165) is 3.57 Å². The minimum Gasteiger partial charge on any atom is -0.306 e. The van der Waals surface area contributed by atoms with Crippen LogP contribution in [0.15, 0.2) is 54.6 Å². The molecule has 2 aromatic carbocycles. The lowest BCUT2D eigenvalue weighted by atomic mass is 10.3. The van der Waals surface area contributed by atoms with Crippen molar-refractivity contribution >= 4 is 40.0 Å². The summed E-state index contributed by atoms with van der Waals surface area (Å²) in [4.78, 5) is 11.8. The molecule has 0 saturated heterocycles. The maximum atomic E-state index is 11.8. The number of carbonyl (C=O) groups is 1. The first-order valence-electron chi connectivity index (χ1n) is 5.27. The second-order valence-corrected chi connectivity index (χ2v) is 4.83. The average molecular weight is 354 g/mol. The average Bonchev–Trinajstić information content (AvgIpc) is 2.40. The number of urea groups is 1. The molecule has 0 atom stereocenters. The predicted molar refractivity (Wildman–Crippen MR) is 78.9 cm³/mol. The van der Waals surface area contributed by atoms with Crippen molar-refractivity contribution in [3.8, 4) is 0 Å². The van der Waals surface area contributed by atoms with E-state index < -0.39 is 6.03 Å². The molecule has 92 valence electrons. The maximum Gasteiger partial charge on any atom is 0.350 e. The van der Waals surface area contributed by atoms with Gasteiger partial charge in [0.05, 0.1) is 5.69 Å². The van der Waals surface area contributed by atoms with Crippen molar-refractivity contribution in [3.05, 3.63) is 58.2 Å². The number of halogens is 1. The lowest BCUT2D eigenvalue weighted by Gasteiger charge is -2.15. The molecule has 0 bridgehead atoms. The van der Waals surface area contributed by atoms with Crippen LogP contribution in [0.3, 0.4) is 0 Å². The summed E-state index contributed by atoms with van der Waals surface area (Å²) in [6.45, 7) is 0. The summed E-state index contributed by atoms with van der Waals surface area (Å²) in [5.41, 5.74) is 1.05. The minimum absolute atomic E-state index is 0.420. The molecule has 0 spiro atoms. The Hall–Kier alpha value is -1.60. The molecule has 0 aliphatic rings. The zero-order chi connectivity index (χ0) is 13.0. The standard InChI is InChI=1S/C13H11IN2O2/c14-10-6-8-12(9-7-10)16(18)13(17)15-11-4-2-1-3-5-11/h1-9,18H,(H,15,17). The van der Waals surface area contributed by atoms with Crippen LogP contribution in [0.25, 0.3) is 0 Å². The van der Waals surface area contributed by atoms with Crippen molar-refractivity contribution in [2.45, 2.75) is 0 Å². The van der Waals surface area contributed by atoms with E-state index in [2.05, 4.69) is 27.9 Å². The number of nitrogens with one attached hydrogen (secondary N) is 1. The largest absolute Gasteiger partial charge is 0.350 e. The number of hydrogen-bond acceptors (Lipinski definition) is 2. The van der Waals surface area contributed by atoms with Gasteiger partial charge in [-0.1, -0.05) is 18.2 Å². The Kier molecular flexibility index (Phi) is 4.16. The first-order chi connectivity index (χ1) is 8.66. The van der Waals surface area contributed by atoms with E-state index in [-0.39, 0.29) is 0 Å². The Balaban J connectivity index is 2.07. The molecule has 0 saturated carbocycles. The molecule has 0 aliphatic heterocycles. The van der Waals surface area contributed by atoms with Crippen molar-refractivity contribution in [2.24, 2.45) is 0 Å². The SMILES string of the molecule is O=C(Nc1ccccc1)N(O)c1ccc(I)cc1.